The summed E-state index contributed by atoms with van der Waals surface area (Å²) in [6, 6.07) is 3.83. The molecule has 1 heterocycles. The molecule has 1 saturated heterocycles. The van der Waals surface area contributed by atoms with Gasteiger partial charge in [-0.25, -0.2) is 4.39 Å². The van der Waals surface area contributed by atoms with E-state index in [-0.39, 0.29) is 11.5 Å². The second-order valence-electron chi connectivity index (χ2n) is 5.49. The van der Waals surface area contributed by atoms with Crippen molar-refractivity contribution < 1.29 is 9.18 Å². The third kappa shape index (κ3) is 4.68. The normalized spacial score (nSPS) is 16.9. The minimum atomic E-state index is -0.452. The topological polar surface area (TPSA) is 61.6 Å². The Hall–Kier alpha value is -1.66. The van der Waals surface area contributed by atoms with Crippen LogP contribution in [0.4, 0.5) is 10.1 Å². The number of hydrogen-bond acceptors (Lipinski definition) is 4. The summed E-state index contributed by atoms with van der Waals surface area (Å²) >= 11 is 0. The molecule has 3 N–H and O–H groups in total. The first-order valence-corrected chi connectivity index (χ1v) is 7.30. The summed E-state index contributed by atoms with van der Waals surface area (Å²) in [5.74, 6) is -0.767. The first-order valence-electron chi connectivity index (χ1n) is 7.30. The summed E-state index contributed by atoms with van der Waals surface area (Å²) in [7, 11) is 2.13. The molecule has 0 atom stereocenters. The van der Waals surface area contributed by atoms with Gasteiger partial charge in [0.2, 0.25) is 0 Å². The Bertz CT molecular complexity index is 487. The van der Waals surface area contributed by atoms with Gasteiger partial charge in [-0.2, -0.15) is 0 Å². The number of nitrogen functional groups attached to an aromatic ring is 1. The van der Waals surface area contributed by atoms with E-state index in [1.165, 1.54) is 18.2 Å². The van der Waals surface area contributed by atoms with Crippen molar-refractivity contribution in [2.45, 2.75) is 6.42 Å². The Balaban J connectivity index is 1.71. The van der Waals surface area contributed by atoms with Crippen molar-refractivity contribution >= 4 is 11.6 Å². The van der Waals surface area contributed by atoms with Gasteiger partial charge in [0, 0.05) is 38.4 Å². The summed E-state index contributed by atoms with van der Waals surface area (Å²) < 4.78 is 13.1. The van der Waals surface area contributed by atoms with Crippen molar-refractivity contribution in [1.82, 2.24) is 15.1 Å². The number of halogens is 1. The second-order valence-corrected chi connectivity index (χ2v) is 5.49. The van der Waals surface area contributed by atoms with E-state index in [2.05, 4.69) is 22.2 Å². The van der Waals surface area contributed by atoms with E-state index in [4.69, 9.17) is 5.73 Å². The monoisotopic (exact) mass is 294 g/mol. The van der Waals surface area contributed by atoms with E-state index >= 15 is 0 Å². The fourth-order valence-corrected chi connectivity index (χ4v) is 2.40. The lowest BCUT2D eigenvalue weighted by molar-refractivity contribution is 0.0950. The molecule has 1 aromatic carbocycles. The molecule has 0 saturated carbocycles. The van der Waals surface area contributed by atoms with Gasteiger partial charge in [0.25, 0.3) is 5.91 Å². The first kappa shape index (κ1) is 15.7. The molecule has 1 aliphatic rings. The summed E-state index contributed by atoms with van der Waals surface area (Å²) in [5.41, 5.74) is 6.19. The van der Waals surface area contributed by atoms with Crippen LogP contribution < -0.4 is 11.1 Å². The van der Waals surface area contributed by atoms with Crippen molar-refractivity contribution in [3.05, 3.63) is 29.6 Å². The van der Waals surface area contributed by atoms with E-state index in [1.54, 1.807) is 0 Å². The predicted molar refractivity (Wildman–Crippen MR) is 81.7 cm³/mol. The van der Waals surface area contributed by atoms with Gasteiger partial charge in [-0.05, 0) is 38.2 Å². The molecular formula is C15H23FN4O. The summed E-state index contributed by atoms with van der Waals surface area (Å²) in [6.07, 6.45) is 0.880. The van der Waals surface area contributed by atoms with Crippen molar-refractivity contribution in [2.24, 2.45) is 0 Å². The minimum absolute atomic E-state index is 0.203. The van der Waals surface area contributed by atoms with Crippen LogP contribution in [0, 0.1) is 5.82 Å². The third-order valence-corrected chi connectivity index (χ3v) is 3.79. The fourth-order valence-electron chi connectivity index (χ4n) is 2.40. The van der Waals surface area contributed by atoms with Crippen molar-refractivity contribution in [2.75, 3.05) is 52.0 Å². The standard InChI is InChI=1S/C15H23FN4O/c1-19-7-9-20(10-8-19)6-2-5-18-15(21)13-11-12(16)3-4-14(13)17/h3-4,11H,2,5-10,17H2,1H3,(H,18,21). The molecule has 0 bridgehead atoms. The maximum Gasteiger partial charge on any atom is 0.253 e. The lowest BCUT2D eigenvalue weighted by Crippen LogP contribution is -2.45. The molecular weight excluding hydrogens is 271 g/mol. The number of hydrogen-bond donors (Lipinski definition) is 2. The van der Waals surface area contributed by atoms with Gasteiger partial charge in [0.1, 0.15) is 5.82 Å². The molecule has 1 fully saturated rings. The third-order valence-electron chi connectivity index (χ3n) is 3.79. The highest BCUT2D eigenvalue weighted by atomic mass is 19.1. The Kier molecular flexibility index (Phi) is 5.52. The molecule has 1 aromatic rings. The Morgan fingerprint density at radius 3 is 2.76 bits per heavy atom. The molecule has 6 heteroatoms. The summed E-state index contributed by atoms with van der Waals surface area (Å²) in [6.45, 7) is 5.86. The van der Waals surface area contributed by atoms with Crippen LogP contribution in [0.25, 0.3) is 0 Å². The van der Waals surface area contributed by atoms with E-state index in [0.29, 0.717) is 12.2 Å². The van der Waals surface area contributed by atoms with Crippen LogP contribution in [0.2, 0.25) is 0 Å². The van der Waals surface area contributed by atoms with Gasteiger partial charge in [-0.15, -0.1) is 0 Å². The van der Waals surface area contributed by atoms with Crippen LogP contribution in [0.5, 0.6) is 0 Å². The molecule has 2 rings (SSSR count). The van der Waals surface area contributed by atoms with Crippen molar-refractivity contribution in [1.29, 1.82) is 0 Å². The maximum absolute atomic E-state index is 13.1. The van der Waals surface area contributed by atoms with E-state index in [9.17, 15) is 9.18 Å². The predicted octanol–water partition coefficient (Wildman–Crippen LogP) is 0.775. The number of nitrogens with one attached hydrogen (secondary N) is 1. The van der Waals surface area contributed by atoms with Gasteiger partial charge in [0.15, 0.2) is 0 Å². The van der Waals surface area contributed by atoms with Crippen LogP contribution in [-0.4, -0.2) is 62.0 Å². The highest BCUT2D eigenvalue weighted by Crippen LogP contribution is 2.13. The number of nitrogens with zero attached hydrogens (tertiary/aromatic N) is 2. The first-order chi connectivity index (χ1) is 10.1. The molecule has 0 unspecified atom stereocenters. The van der Waals surface area contributed by atoms with Crippen LogP contribution in [0.15, 0.2) is 18.2 Å². The zero-order valence-electron chi connectivity index (χ0n) is 12.4. The van der Waals surface area contributed by atoms with Crippen LogP contribution in [0.1, 0.15) is 16.8 Å². The van der Waals surface area contributed by atoms with Crippen LogP contribution in [0.3, 0.4) is 0 Å². The molecule has 21 heavy (non-hydrogen) atoms. The number of benzene rings is 1. The van der Waals surface area contributed by atoms with E-state index in [1.807, 2.05) is 0 Å². The van der Waals surface area contributed by atoms with E-state index in [0.717, 1.165) is 39.1 Å². The number of rotatable bonds is 5. The average Bonchev–Trinajstić information content (AvgIpc) is 2.47. The Morgan fingerprint density at radius 2 is 2.05 bits per heavy atom. The van der Waals surface area contributed by atoms with Gasteiger partial charge in [-0.1, -0.05) is 0 Å². The molecule has 0 spiro atoms. The molecule has 116 valence electrons. The highest BCUT2D eigenvalue weighted by Gasteiger charge is 2.14. The Morgan fingerprint density at radius 1 is 1.33 bits per heavy atom. The minimum Gasteiger partial charge on any atom is -0.398 e. The molecule has 0 aromatic heterocycles. The van der Waals surface area contributed by atoms with Crippen molar-refractivity contribution in [3.8, 4) is 0 Å². The largest absolute Gasteiger partial charge is 0.398 e. The van der Waals surface area contributed by atoms with Crippen LogP contribution >= 0.6 is 0 Å². The van der Waals surface area contributed by atoms with Gasteiger partial charge >= 0.3 is 0 Å². The molecule has 0 radical (unpaired) electrons. The number of anilines is 1. The quantitative estimate of drug-likeness (QED) is 0.622. The van der Waals surface area contributed by atoms with Gasteiger partial charge < -0.3 is 20.9 Å². The number of carbonyl (C=O) groups is 1. The SMILES string of the molecule is CN1CCN(CCCNC(=O)c2cc(F)ccc2N)CC1. The smallest absolute Gasteiger partial charge is 0.253 e. The number of carbonyl (C=O) groups excluding carboxylic acids is 1. The molecule has 5 nitrogen and oxygen atoms in total. The molecule has 1 amide bonds. The lowest BCUT2D eigenvalue weighted by Gasteiger charge is -2.32. The van der Waals surface area contributed by atoms with E-state index < -0.39 is 5.82 Å². The maximum atomic E-state index is 13.1. The summed E-state index contributed by atoms with van der Waals surface area (Å²) in [4.78, 5) is 16.6. The Labute approximate surface area is 124 Å². The van der Waals surface area contributed by atoms with Crippen molar-refractivity contribution in [3.63, 3.8) is 0 Å². The zero-order chi connectivity index (χ0) is 15.2. The molecule has 0 aliphatic carbocycles. The van der Waals surface area contributed by atoms with Gasteiger partial charge in [-0.3, -0.25) is 4.79 Å². The number of nitrogens with two attached hydrogens (primary N) is 1. The number of likely N-dealkylation sites (N-methyl/N-ethyl adjacent to an activating group) is 1. The zero-order valence-corrected chi connectivity index (χ0v) is 12.4. The fraction of sp³-hybridized carbons (Fsp3) is 0.533. The summed E-state index contributed by atoms with van der Waals surface area (Å²) in [5, 5.41) is 2.79. The second kappa shape index (κ2) is 7.38. The highest BCUT2D eigenvalue weighted by molar-refractivity contribution is 5.99. The van der Waals surface area contributed by atoms with Crippen LogP contribution in [-0.2, 0) is 0 Å². The molecule has 1 aliphatic heterocycles. The lowest BCUT2D eigenvalue weighted by atomic mass is 10.1. The number of amides is 1. The number of piperazine rings is 1. The average molecular weight is 294 g/mol. The van der Waals surface area contributed by atoms with Gasteiger partial charge in [0.05, 0.1) is 5.56 Å².